The van der Waals surface area contributed by atoms with E-state index in [9.17, 15) is 0 Å². The van der Waals surface area contributed by atoms with Gasteiger partial charge in [0.1, 0.15) is 0 Å². The average Bonchev–Trinajstić information content (AvgIpc) is 3.10. The standard InChI is InChI=1S/C16H19ClN4/c1-2-18-11-13-12-20(8-9-21-7-3-6-19-21)16-10-14(17)4-5-15(13)16/h3-7,10,12,18H,2,8-9,11H2,1H3. The number of halogens is 1. The molecule has 0 aliphatic rings. The molecule has 3 aromatic rings. The van der Waals surface area contributed by atoms with E-state index in [1.54, 1.807) is 6.20 Å². The number of nitrogens with zero attached hydrogens (tertiary/aromatic N) is 3. The van der Waals surface area contributed by atoms with Crippen LogP contribution in [0.15, 0.2) is 42.9 Å². The maximum absolute atomic E-state index is 6.16. The fourth-order valence-electron chi connectivity index (χ4n) is 2.57. The van der Waals surface area contributed by atoms with Crippen molar-refractivity contribution >= 4 is 22.5 Å². The molecule has 0 radical (unpaired) electrons. The third kappa shape index (κ3) is 3.12. The van der Waals surface area contributed by atoms with Gasteiger partial charge in [-0.25, -0.2) is 0 Å². The number of hydrogen-bond donors (Lipinski definition) is 1. The molecule has 110 valence electrons. The molecule has 1 aromatic carbocycles. The molecule has 1 N–H and O–H groups in total. The number of aromatic nitrogens is 3. The van der Waals surface area contributed by atoms with Crippen molar-refractivity contribution in [1.29, 1.82) is 0 Å². The van der Waals surface area contributed by atoms with Gasteiger partial charge in [0, 0.05) is 47.6 Å². The number of hydrogen-bond acceptors (Lipinski definition) is 2. The molecular formula is C16H19ClN4. The van der Waals surface area contributed by atoms with Crippen molar-refractivity contribution in [3.63, 3.8) is 0 Å². The fraction of sp³-hybridized carbons (Fsp3) is 0.312. The van der Waals surface area contributed by atoms with Gasteiger partial charge in [-0.15, -0.1) is 0 Å². The highest BCUT2D eigenvalue weighted by molar-refractivity contribution is 6.31. The van der Waals surface area contributed by atoms with Gasteiger partial charge in [0.05, 0.1) is 6.54 Å². The third-order valence-electron chi connectivity index (χ3n) is 3.62. The van der Waals surface area contributed by atoms with Crippen molar-refractivity contribution in [2.24, 2.45) is 0 Å². The summed E-state index contributed by atoms with van der Waals surface area (Å²) in [6, 6.07) is 8.04. The van der Waals surface area contributed by atoms with E-state index in [2.05, 4.69) is 34.2 Å². The summed E-state index contributed by atoms with van der Waals surface area (Å²) in [7, 11) is 0. The zero-order chi connectivity index (χ0) is 14.7. The van der Waals surface area contributed by atoms with Crippen LogP contribution in [0.5, 0.6) is 0 Å². The molecule has 2 heterocycles. The second-order valence-electron chi connectivity index (χ2n) is 5.06. The van der Waals surface area contributed by atoms with Crippen molar-refractivity contribution in [1.82, 2.24) is 19.7 Å². The topological polar surface area (TPSA) is 34.8 Å². The van der Waals surface area contributed by atoms with Gasteiger partial charge in [0.25, 0.3) is 0 Å². The molecule has 2 aromatic heterocycles. The molecule has 4 nitrogen and oxygen atoms in total. The van der Waals surface area contributed by atoms with Crippen LogP contribution in [0.3, 0.4) is 0 Å². The van der Waals surface area contributed by atoms with Crippen LogP contribution in [-0.2, 0) is 19.6 Å². The number of benzene rings is 1. The third-order valence-corrected chi connectivity index (χ3v) is 3.86. The minimum atomic E-state index is 0.774. The average molecular weight is 303 g/mol. The normalized spacial score (nSPS) is 11.3. The van der Waals surface area contributed by atoms with E-state index in [0.717, 1.165) is 31.2 Å². The van der Waals surface area contributed by atoms with Crippen LogP contribution < -0.4 is 5.32 Å². The summed E-state index contributed by atoms with van der Waals surface area (Å²) < 4.78 is 4.20. The van der Waals surface area contributed by atoms with Crippen LogP contribution in [0, 0.1) is 0 Å². The molecule has 21 heavy (non-hydrogen) atoms. The van der Waals surface area contributed by atoms with Gasteiger partial charge in [0.15, 0.2) is 0 Å². The van der Waals surface area contributed by atoms with Gasteiger partial charge >= 0.3 is 0 Å². The zero-order valence-corrected chi connectivity index (χ0v) is 12.8. The lowest BCUT2D eigenvalue weighted by Gasteiger charge is -2.05. The summed E-state index contributed by atoms with van der Waals surface area (Å²) in [6.45, 7) is 5.69. The van der Waals surface area contributed by atoms with Crippen LogP contribution in [0.2, 0.25) is 5.02 Å². The molecule has 0 spiro atoms. The lowest BCUT2D eigenvalue weighted by atomic mass is 10.2. The van der Waals surface area contributed by atoms with Crippen LogP contribution in [0.4, 0.5) is 0 Å². The summed E-state index contributed by atoms with van der Waals surface area (Å²) >= 11 is 6.16. The second-order valence-corrected chi connectivity index (χ2v) is 5.50. The number of fused-ring (bicyclic) bond motifs is 1. The molecule has 5 heteroatoms. The minimum absolute atomic E-state index is 0.774. The second kappa shape index (κ2) is 6.33. The molecule has 0 saturated carbocycles. The Kier molecular flexibility index (Phi) is 4.27. The van der Waals surface area contributed by atoms with E-state index < -0.39 is 0 Å². The Bertz CT molecular complexity index is 715. The first-order chi connectivity index (χ1) is 10.3. The van der Waals surface area contributed by atoms with Crippen LogP contribution >= 0.6 is 11.6 Å². The van der Waals surface area contributed by atoms with Crippen LogP contribution in [-0.4, -0.2) is 20.9 Å². The number of aryl methyl sites for hydroxylation is 2. The SMILES string of the molecule is CCNCc1cn(CCn2cccn2)c2cc(Cl)ccc12. The summed E-state index contributed by atoms with van der Waals surface area (Å²) in [5.74, 6) is 0. The lowest BCUT2D eigenvalue weighted by Crippen LogP contribution is -2.11. The van der Waals surface area contributed by atoms with E-state index >= 15 is 0 Å². The van der Waals surface area contributed by atoms with E-state index in [1.165, 1.54) is 16.5 Å². The predicted octanol–water partition coefficient (Wildman–Crippen LogP) is 3.30. The van der Waals surface area contributed by atoms with E-state index in [1.807, 2.05) is 29.1 Å². The van der Waals surface area contributed by atoms with E-state index in [0.29, 0.717) is 0 Å². The largest absolute Gasteiger partial charge is 0.345 e. The van der Waals surface area contributed by atoms with Gasteiger partial charge in [-0.1, -0.05) is 24.6 Å². The van der Waals surface area contributed by atoms with Crippen molar-refractivity contribution in [2.45, 2.75) is 26.6 Å². The van der Waals surface area contributed by atoms with E-state index in [-0.39, 0.29) is 0 Å². The van der Waals surface area contributed by atoms with Crippen molar-refractivity contribution in [3.8, 4) is 0 Å². The maximum Gasteiger partial charge on any atom is 0.0588 e. The van der Waals surface area contributed by atoms with Crippen molar-refractivity contribution in [2.75, 3.05) is 6.54 Å². The highest BCUT2D eigenvalue weighted by Crippen LogP contribution is 2.25. The first kappa shape index (κ1) is 14.2. The van der Waals surface area contributed by atoms with Crippen molar-refractivity contribution < 1.29 is 0 Å². The Morgan fingerprint density at radius 3 is 2.95 bits per heavy atom. The Morgan fingerprint density at radius 1 is 1.29 bits per heavy atom. The molecule has 0 amide bonds. The molecule has 0 bridgehead atoms. The Morgan fingerprint density at radius 2 is 2.19 bits per heavy atom. The molecule has 0 unspecified atom stereocenters. The van der Waals surface area contributed by atoms with Gasteiger partial charge in [0.2, 0.25) is 0 Å². The lowest BCUT2D eigenvalue weighted by molar-refractivity contribution is 0.541. The molecule has 0 saturated heterocycles. The molecule has 0 fully saturated rings. The molecule has 0 aliphatic heterocycles. The van der Waals surface area contributed by atoms with Gasteiger partial charge < -0.3 is 9.88 Å². The summed E-state index contributed by atoms with van der Waals surface area (Å²) in [6.07, 6.45) is 6.01. The Balaban J connectivity index is 1.90. The van der Waals surface area contributed by atoms with Gasteiger partial charge in [-0.05, 0) is 30.3 Å². The van der Waals surface area contributed by atoms with Crippen LogP contribution in [0.25, 0.3) is 10.9 Å². The van der Waals surface area contributed by atoms with Crippen molar-refractivity contribution in [3.05, 3.63) is 53.4 Å². The predicted molar refractivity (Wildman–Crippen MR) is 86.6 cm³/mol. The van der Waals surface area contributed by atoms with Crippen LogP contribution in [0.1, 0.15) is 12.5 Å². The highest BCUT2D eigenvalue weighted by atomic mass is 35.5. The monoisotopic (exact) mass is 302 g/mol. The first-order valence-electron chi connectivity index (χ1n) is 7.23. The van der Waals surface area contributed by atoms with Gasteiger partial charge in [-0.2, -0.15) is 5.10 Å². The Labute approximate surface area is 129 Å². The number of nitrogens with one attached hydrogen (secondary N) is 1. The smallest absolute Gasteiger partial charge is 0.0588 e. The molecule has 0 aliphatic carbocycles. The highest BCUT2D eigenvalue weighted by Gasteiger charge is 2.09. The van der Waals surface area contributed by atoms with Gasteiger partial charge in [-0.3, -0.25) is 4.68 Å². The zero-order valence-electron chi connectivity index (χ0n) is 12.1. The molecular weight excluding hydrogens is 284 g/mol. The Hall–Kier alpha value is -1.78. The maximum atomic E-state index is 6.16. The quantitative estimate of drug-likeness (QED) is 0.758. The molecule has 3 rings (SSSR count). The fourth-order valence-corrected chi connectivity index (χ4v) is 2.74. The summed E-state index contributed by atoms with van der Waals surface area (Å²) in [5, 5.41) is 9.68. The van der Waals surface area contributed by atoms with E-state index in [4.69, 9.17) is 11.6 Å². The summed E-state index contributed by atoms with van der Waals surface area (Å²) in [5.41, 5.74) is 2.49. The minimum Gasteiger partial charge on any atom is -0.345 e. The number of rotatable bonds is 6. The molecule has 0 atom stereocenters. The first-order valence-corrected chi connectivity index (χ1v) is 7.61. The summed E-state index contributed by atoms with van der Waals surface area (Å²) in [4.78, 5) is 0.